The first-order valence-electron chi connectivity index (χ1n) is 5.23. The molecule has 0 heterocycles. The predicted octanol–water partition coefficient (Wildman–Crippen LogP) is 1.67. The molecular formula is C12H17Cl2NO3. The second-order valence-electron chi connectivity index (χ2n) is 4.11. The van der Waals surface area contributed by atoms with Crippen molar-refractivity contribution >= 4 is 30.0 Å². The van der Waals surface area contributed by atoms with Crippen LogP contribution < -0.4 is 5.73 Å². The maximum absolute atomic E-state index is 11.5. The van der Waals surface area contributed by atoms with Gasteiger partial charge >= 0.3 is 5.97 Å². The molecule has 1 aromatic carbocycles. The van der Waals surface area contributed by atoms with Gasteiger partial charge in [0.2, 0.25) is 0 Å². The van der Waals surface area contributed by atoms with Crippen LogP contribution in [0.3, 0.4) is 0 Å². The molecule has 18 heavy (non-hydrogen) atoms. The maximum Gasteiger partial charge on any atom is 0.309 e. The first-order chi connectivity index (χ1) is 7.61. The van der Waals surface area contributed by atoms with Crippen LogP contribution in [0.15, 0.2) is 18.2 Å². The van der Waals surface area contributed by atoms with E-state index in [0.717, 1.165) is 11.1 Å². The molecule has 0 radical (unpaired) electrons. The zero-order valence-corrected chi connectivity index (χ0v) is 11.6. The molecular weight excluding hydrogens is 277 g/mol. The number of benzene rings is 1. The molecule has 6 heteroatoms. The van der Waals surface area contributed by atoms with Crippen molar-refractivity contribution in [3.05, 3.63) is 34.3 Å². The van der Waals surface area contributed by atoms with E-state index in [2.05, 4.69) is 0 Å². The fourth-order valence-corrected chi connectivity index (χ4v) is 2.41. The molecule has 0 spiro atoms. The van der Waals surface area contributed by atoms with Gasteiger partial charge in [0.25, 0.3) is 0 Å². The van der Waals surface area contributed by atoms with Gasteiger partial charge in [0.05, 0.1) is 13.0 Å². The lowest BCUT2D eigenvalue weighted by Gasteiger charge is -2.27. The minimum Gasteiger partial charge on any atom is -0.469 e. The van der Waals surface area contributed by atoms with Crippen LogP contribution in [-0.2, 0) is 16.0 Å². The smallest absolute Gasteiger partial charge is 0.309 e. The molecule has 0 unspecified atom stereocenters. The highest BCUT2D eigenvalue weighted by molar-refractivity contribution is 6.30. The fraction of sp³-hybridized carbons (Fsp3) is 0.417. The van der Waals surface area contributed by atoms with Crippen molar-refractivity contribution in [1.29, 1.82) is 0 Å². The molecule has 2 rings (SSSR count). The highest BCUT2D eigenvalue weighted by atomic mass is 35.5. The Morgan fingerprint density at radius 1 is 1.50 bits per heavy atom. The lowest BCUT2D eigenvalue weighted by atomic mass is 9.81. The van der Waals surface area contributed by atoms with E-state index in [1.54, 1.807) is 0 Å². The van der Waals surface area contributed by atoms with Crippen LogP contribution in [0, 0.1) is 5.92 Å². The Balaban J connectivity index is 0.00000144. The Kier molecular flexibility index (Phi) is 6.63. The molecule has 102 valence electrons. The van der Waals surface area contributed by atoms with E-state index in [0.29, 0.717) is 17.9 Å². The molecule has 4 nitrogen and oxygen atoms in total. The average molecular weight is 294 g/mol. The van der Waals surface area contributed by atoms with Gasteiger partial charge in [-0.1, -0.05) is 17.7 Å². The van der Waals surface area contributed by atoms with Gasteiger partial charge in [-0.15, -0.1) is 12.4 Å². The summed E-state index contributed by atoms with van der Waals surface area (Å²) in [5.74, 6) is -0.315. The van der Waals surface area contributed by atoms with Crippen LogP contribution in [0.2, 0.25) is 5.02 Å². The van der Waals surface area contributed by atoms with Crippen molar-refractivity contribution in [2.24, 2.45) is 11.7 Å². The van der Waals surface area contributed by atoms with Crippen LogP contribution in [0.4, 0.5) is 0 Å². The highest BCUT2D eigenvalue weighted by Crippen LogP contribution is 2.33. The van der Waals surface area contributed by atoms with E-state index in [9.17, 15) is 4.79 Å². The summed E-state index contributed by atoms with van der Waals surface area (Å²) in [6, 6.07) is 5.51. The van der Waals surface area contributed by atoms with Gasteiger partial charge in [-0.05, 0) is 36.1 Å². The number of ether oxygens (including phenoxy) is 1. The van der Waals surface area contributed by atoms with Gasteiger partial charge in [-0.3, -0.25) is 4.79 Å². The quantitative estimate of drug-likeness (QED) is 0.800. The van der Waals surface area contributed by atoms with E-state index in [-0.39, 0.29) is 35.8 Å². The molecule has 0 amide bonds. The predicted molar refractivity (Wildman–Crippen MR) is 73.1 cm³/mol. The summed E-state index contributed by atoms with van der Waals surface area (Å²) in [7, 11) is 1.41. The summed E-state index contributed by atoms with van der Waals surface area (Å²) >= 11 is 5.92. The SMILES string of the molecule is COC(=O)[C@@H]1Cc2ccc(Cl)cc2[C@H](N)C1.Cl.O. The number of nitrogens with two attached hydrogens (primary N) is 1. The monoisotopic (exact) mass is 293 g/mol. The van der Waals surface area contributed by atoms with E-state index < -0.39 is 0 Å². The summed E-state index contributed by atoms with van der Waals surface area (Å²) < 4.78 is 4.76. The topological polar surface area (TPSA) is 83.8 Å². The van der Waals surface area contributed by atoms with Gasteiger partial charge < -0.3 is 15.9 Å². The standard InChI is InChI=1S/C12H14ClNO2.ClH.H2O/c1-16-12(15)8-4-7-2-3-9(13)6-10(7)11(14)5-8;;/h2-3,6,8,11H,4-5,14H2,1H3;1H;1H2/t8-,11-;;/m1../s1. The Bertz CT molecular complexity index is 426. The highest BCUT2D eigenvalue weighted by Gasteiger charge is 2.29. The third kappa shape index (κ3) is 3.36. The van der Waals surface area contributed by atoms with E-state index >= 15 is 0 Å². The molecule has 2 atom stereocenters. The summed E-state index contributed by atoms with van der Waals surface area (Å²) in [6.07, 6.45) is 1.31. The molecule has 4 N–H and O–H groups in total. The van der Waals surface area contributed by atoms with Crippen molar-refractivity contribution < 1.29 is 15.0 Å². The van der Waals surface area contributed by atoms with Crippen LogP contribution >= 0.6 is 24.0 Å². The summed E-state index contributed by atoms with van der Waals surface area (Å²) in [5.41, 5.74) is 8.18. The Labute approximate surface area is 117 Å². The number of hydrogen-bond acceptors (Lipinski definition) is 3. The lowest BCUT2D eigenvalue weighted by molar-refractivity contribution is -0.146. The summed E-state index contributed by atoms with van der Waals surface area (Å²) in [4.78, 5) is 11.5. The molecule has 0 bridgehead atoms. The van der Waals surface area contributed by atoms with Gasteiger partial charge in [-0.2, -0.15) is 0 Å². The Hall–Kier alpha value is -0.810. The molecule has 1 aliphatic carbocycles. The fourth-order valence-electron chi connectivity index (χ4n) is 2.23. The molecule has 1 aromatic rings. The van der Waals surface area contributed by atoms with Gasteiger partial charge in [-0.25, -0.2) is 0 Å². The first-order valence-corrected chi connectivity index (χ1v) is 5.61. The third-order valence-electron chi connectivity index (χ3n) is 3.05. The van der Waals surface area contributed by atoms with E-state index in [1.165, 1.54) is 7.11 Å². The summed E-state index contributed by atoms with van der Waals surface area (Å²) in [6.45, 7) is 0. The van der Waals surface area contributed by atoms with Gasteiger partial charge in [0.1, 0.15) is 0 Å². The maximum atomic E-state index is 11.5. The third-order valence-corrected chi connectivity index (χ3v) is 3.28. The zero-order valence-electron chi connectivity index (χ0n) is 9.98. The number of esters is 1. The first kappa shape index (κ1) is 17.2. The van der Waals surface area contributed by atoms with Gasteiger partial charge in [0, 0.05) is 11.1 Å². The zero-order chi connectivity index (χ0) is 11.7. The molecule has 1 aliphatic rings. The van der Waals surface area contributed by atoms with Crippen LogP contribution in [-0.4, -0.2) is 18.6 Å². The molecule has 0 saturated carbocycles. The largest absolute Gasteiger partial charge is 0.469 e. The second-order valence-corrected chi connectivity index (χ2v) is 4.55. The van der Waals surface area contributed by atoms with Crippen molar-refractivity contribution in [2.75, 3.05) is 7.11 Å². The van der Waals surface area contributed by atoms with Crippen molar-refractivity contribution in [3.63, 3.8) is 0 Å². The molecule has 0 aromatic heterocycles. The van der Waals surface area contributed by atoms with Crippen LogP contribution in [0.5, 0.6) is 0 Å². The van der Waals surface area contributed by atoms with E-state index in [4.69, 9.17) is 22.1 Å². The van der Waals surface area contributed by atoms with Gasteiger partial charge in [0.15, 0.2) is 0 Å². The van der Waals surface area contributed by atoms with Crippen molar-refractivity contribution in [2.45, 2.75) is 18.9 Å². The molecule has 0 saturated heterocycles. The molecule has 0 fully saturated rings. The number of rotatable bonds is 1. The number of carbonyl (C=O) groups is 1. The van der Waals surface area contributed by atoms with Crippen LogP contribution in [0.1, 0.15) is 23.6 Å². The number of hydrogen-bond donors (Lipinski definition) is 1. The minimum atomic E-state index is -0.184. The lowest BCUT2D eigenvalue weighted by Crippen LogP contribution is -2.29. The van der Waals surface area contributed by atoms with Crippen molar-refractivity contribution in [3.8, 4) is 0 Å². The number of methoxy groups -OCH3 is 1. The normalized spacial score (nSPS) is 21.1. The molecule has 0 aliphatic heterocycles. The second kappa shape index (κ2) is 6.95. The number of carbonyl (C=O) groups excluding carboxylic acids is 1. The van der Waals surface area contributed by atoms with Crippen LogP contribution in [0.25, 0.3) is 0 Å². The summed E-state index contributed by atoms with van der Waals surface area (Å²) in [5, 5.41) is 0.686. The Morgan fingerprint density at radius 2 is 2.17 bits per heavy atom. The Morgan fingerprint density at radius 3 is 2.78 bits per heavy atom. The minimum absolute atomic E-state index is 0. The van der Waals surface area contributed by atoms with Crippen molar-refractivity contribution in [1.82, 2.24) is 0 Å². The average Bonchev–Trinajstić information content (AvgIpc) is 2.28. The number of halogens is 2. The van der Waals surface area contributed by atoms with E-state index in [1.807, 2.05) is 18.2 Å². The number of fused-ring (bicyclic) bond motifs is 1.